The highest BCUT2D eigenvalue weighted by atomic mass is 32.2. The average Bonchev–Trinajstić information content (AvgIpc) is 2.68. The van der Waals surface area contributed by atoms with Gasteiger partial charge >= 0.3 is 0 Å². The fourth-order valence-electron chi connectivity index (χ4n) is 3.64. The Labute approximate surface area is 162 Å². The van der Waals surface area contributed by atoms with Crippen LogP contribution in [0.2, 0.25) is 0 Å². The second-order valence-corrected chi connectivity index (χ2v) is 9.10. The first-order valence-electron chi connectivity index (χ1n) is 9.13. The summed E-state index contributed by atoms with van der Waals surface area (Å²) < 4.78 is 53.0. The summed E-state index contributed by atoms with van der Waals surface area (Å²) in [6.45, 7) is 0.723. The Bertz CT molecular complexity index is 1100. The third-order valence-corrected chi connectivity index (χ3v) is 6.74. The van der Waals surface area contributed by atoms with Crippen molar-refractivity contribution in [2.24, 2.45) is 0 Å². The third kappa shape index (κ3) is 3.77. The lowest BCUT2D eigenvalue weighted by molar-refractivity contribution is -0.0660. The number of fused-ring (bicyclic) bond motifs is 1. The summed E-state index contributed by atoms with van der Waals surface area (Å²) in [4.78, 5) is 6.44. The van der Waals surface area contributed by atoms with E-state index in [2.05, 4.69) is 4.98 Å². The molecular formula is C21H20F2N2O2S. The van der Waals surface area contributed by atoms with E-state index in [0.29, 0.717) is 30.4 Å². The number of rotatable bonds is 4. The van der Waals surface area contributed by atoms with Crippen molar-refractivity contribution in [3.8, 4) is 0 Å². The van der Waals surface area contributed by atoms with Crippen LogP contribution < -0.4 is 0 Å². The highest BCUT2D eigenvalue weighted by Crippen LogP contribution is 2.29. The van der Waals surface area contributed by atoms with Gasteiger partial charge < -0.3 is 0 Å². The van der Waals surface area contributed by atoms with Crippen LogP contribution in [0.5, 0.6) is 0 Å². The molecule has 0 aliphatic carbocycles. The molecule has 2 aromatic carbocycles. The summed E-state index contributed by atoms with van der Waals surface area (Å²) in [5, 5.41) is 0.679. The number of para-hydroxylation sites is 1. The maximum Gasteiger partial charge on any atom is 0.260 e. The van der Waals surface area contributed by atoms with E-state index in [1.807, 2.05) is 6.07 Å². The Hall–Kier alpha value is -2.38. The number of hydrogen-bond acceptors (Lipinski definition) is 4. The predicted octanol–water partition coefficient (Wildman–Crippen LogP) is 4.30. The fraction of sp³-hybridized carbons (Fsp3) is 0.286. The molecule has 3 aromatic rings. The van der Waals surface area contributed by atoms with E-state index in [4.69, 9.17) is 0 Å². The van der Waals surface area contributed by atoms with Crippen LogP contribution in [-0.2, 0) is 16.4 Å². The van der Waals surface area contributed by atoms with Gasteiger partial charge in [0.2, 0.25) is 9.84 Å². The van der Waals surface area contributed by atoms with Crippen LogP contribution in [0.4, 0.5) is 8.78 Å². The maximum absolute atomic E-state index is 13.7. The maximum atomic E-state index is 13.7. The molecule has 0 unspecified atom stereocenters. The molecule has 146 valence electrons. The number of likely N-dealkylation sites (tertiary alicyclic amines) is 1. The van der Waals surface area contributed by atoms with E-state index in [-0.39, 0.29) is 22.8 Å². The average molecular weight is 402 g/mol. The van der Waals surface area contributed by atoms with Crippen molar-refractivity contribution in [2.75, 3.05) is 13.1 Å². The smallest absolute Gasteiger partial charge is 0.260 e. The van der Waals surface area contributed by atoms with E-state index in [1.165, 1.54) is 6.20 Å². The lowest BCUT2D eigenvalue weighted by Gasteiger charge is -2.32. The Morgan fingerprint density at radius 2 is 1.82 bits per heavy atom. The molecule has 4 nitrogen and oxygen atoms in total. The number of alkyl halides is 2. The number of halogens is 2. The number of aromatic nitrogens is 1. The number of piperidine rings is 1. The Balaban J connectivity index is 1.67. The zero-order chi connectivity index (χ0) is 19.8. The Morgan fingerprint density at radius 3 is 2.57 bits per heavy atom. The topological polar surface area (TPSA) is 50.3 Å². The molecule has 0 N–H and O–H groups in total. The van der Waals surface area contributed by atoms with Crippen LogP contribution in [-0.4, -0.2) is 37.3 Å². The number of hydrogen-bond donors (Lipinski definition) is 0. The summed E-state index contributed by atoms with van der Waals surface area (Å²) >= 11 is 0. The molecule has 0 radical (unpaired) electrons. The molecule has 2 heterocycles. The first kappa shape index (κ1) is 19.0. The fourth-order valence-corrected chi connectivity index (χ4v) is 4.90. The summed E-state index contributed by atoms with van der Waals surface area (Å²) in [6.07, 6.45) is 1.74. The van der Waals surface area contributed by atoms with Gasteiger partial charge in [-0.25, -0.2) is 17.2 Å². The van der Waals surface area contributed by atoms with Crippen LogP contribution in [0.15, 0.2) is 70.6 Å². The van der Waals surface area contributed by atoms with Crippen molar-refractivity contribution in [1.82, 2.24) is 9.88 Å². The van der Waals surface area contributed by atoms with Gasteiger partial charge in [0, 0.05) is 24.5 Å². The molecule has 1 saturated heterocycles. The SMILES string of the molecule is O=S(=O)(c1ccccc1)c1cnc2c(CN3CCCC(F)(F)C3)cccc2c1. The highest BCUT2D eigenvalue weighted by Gasteiger charge is 2.35. The van der Waals surface area contributed by atoms with Gasteiger partial charge in [0.05, 0.1) is 21.9 Å². The molecule has 0 bridgehead atoms. The van der Waals surface area contributed by atoms with E-state index in [1.54, 1.807) is 53.4 Å². The monoisotopic (exact) mass is 402 g/mol. The van der Waals surface area contributed by atoms with Gasteiger partial charge in [-0.2, -0.15) is 0 Å². The van der Waals surface area contributed by atoms with Crippen molar-refractivity contribution >= 4 is 20.7 Å². The number of pyridine rings is 1. The molecular weight excluding hydrogens is 382 g/mol. The second-order valence-electron chi connectivity index (χ2n) is 7.15. The van der Waals surface area contributed by atoms with Crippen molar-refractivity contribution in [3.05, 3.63) is 66.4 Å². The first-order valence-corrected chi connectivity index (χ1v) is 10.6. The number of nitrogens with zero attached hydrogens (tertiary/aromatic N) is 2. The van der Waals surface area contributed by atoms with E-state index in [0.717, 1.165) is 5.56 Å². The van der Waals surface area contributed by atoms with Crippen molar-refractivity contribution < 1.29 is 17.2 Å². The molecule has 28 heavy (non-hydrogen) atoms. The lowest BCUT2D eigenvalue weighted by atomic mass is 10.0. The molecule has 1 fully saturated rings. The molecule has 0 spiro atoms. The van der Waals surface area contributed by atoms with Crippen LogP contribution in [0.3, 0.4) is 0 Å². The summed E-state index contributed by atoms with van der Waals surface area (Å²) in [7, 11) is -3.66. The molecule has 1 aliphatic rings. The van der Waals surface area contributed by atoms with Gasteiger partial charge in [0.15, 0.2) is 0 Å². The summed E-state index contributed by atoms with van der Waals surface area (Å²) in [5.41, 5.74) is 1.46. The van der Waals surface area contributed by atoms with E-state index in [9.17, 15) is 17.2 Å². The zero-order valence-corrected chi connectivity index (χ0v) is 16.0. The highest BCUT2D eigenvalue weighted by molar-refractivity contribution is 7.91. The minimum atomic E-state index is -3.66. The summed E-state index contributed by atoms with van der Waals surface area (Å²) in [5.74, 6) is -2.66. The molecule has 0 saturated carbocycles. The third-order valence-electron chi connectivity index (χ3n) is 5.00. The zero-order valence-electron chi connectivity index (χ0n) is 15.2. The molecule has 1 aromatic heterocycles. The van der Waals surface area contributed by atoms with Gasteiger partial charge in [-0.05, 0) is 36.7 Å². The molecule has 7 heteroatoms. The van der Waals surface area contributed by atoms with Crippen LogP contribution in [0.25, 0.3) is 10.9 Å². The first-order chi connectivity index (χ1) is 13.4. The standard InChI is InChI=1S/C21H20F2N2O2S/c22-21(23)10-5-11-25(15-21)14-17-7-4-6-16-12-19(13-24-20(16)17)28(26,27)18-8-2-1-3-9-18/h1-4,6-9,12-13H,5,10-11,14-15H2. The molecule has 0 atom stereocenters. The van der Waals surface area contributed by atoms with Gasteiger partial charge in [-0.1, -0.05) is 36.4 Å². The lowest BCUT2D eigenvalue weighted by Crippen LogP contribution is -2.42. The Kier molecular flexibility index (Phi) is 4.89. The van der Waals surface area contributed by atoms with Crippen molar-refractivity contribution in [2.45, 2.75) is 35.1 Å². The van der Waals surface area contributed by atoms with E-state index < -0.39 is 15.8 Å². The molecule has 1 aliphatic heterocycles. The van der Waals surface area contributed by atoms with Gasteiger partial charge in [0.25, 0.3) is 5.92 Å². The van der Waals surface area contributed by atoms with Crippen LogP contribution >= 0.6 is 0 Å². The normalized spacial score (nSPS) is 17.6. The largest absolute Gasteiger partial charge is 0.293 e. The van der Waals surface area contributed by atoms with Crippen LogP contribution in [0.1, 0.15) is 18.4 Å². The van der Waals surface area contributed by atoms with Gasteiger partial charge in [-0.3, -0.25) is 9.88 Å². The summed E-state index contributed by atoms with van der Waals surface area (Å²) in [6, 6.07) is 15.3. The minimum Gasteiger partial charge on any atom is -0.293 e. The molecule has 0 amide bonds. The quantitative estimate of drug-likeness (QED) is 0.653. The molecule has 4 rings (SSSR count). The van der Waals surface area contributed by atoms with Gasteiger partial charge in [0.1, 0.15) is 0 Å². The van der Waals surface area contributed by atoms with Crippen LogP contribution in [0, 0.1) is 0 Å². The minimum absolute atomic E-state index is 0.0714. The van der Waals surface area contributed by atoms with Crippen molar-refractivity contribution in [1.29, 1.82) is 0 Å². The van der Waals surface area contributed by atoms with Gasteiger partial charge in [-0.15, -0.1) is 0 Å². The van der Waals surface area contributed by atoms with E-state index >= 15 is 0 Å². The predicted molar refractivity (Wildman–Crippen MR) is 103 cm³/mol. The Morgan fingerprint density at radius 1 is 1.04 bits per heavy atom. The number of benzene rings is 2. The van der Waals surface area contributed by atoms with Crippen molar-refractivity contribution in [3.63, 3.8) is 0 Å². The second kappa shape index (κ2) is 7.22. The number of sulfone groups is 1.